The number of nitrogens with one attached hydrogen (secondary N) is 1. The predicted molar refractivity (Wildman–Crippen MR) is 118 cm³/mol. The van der Waals surface area contributed by atoms with Crippen LogP contribution in [0.3, 0.4) is 0 Å². The van der Waals surface area contributed by atoms with Crippen LogP contribution in [0, 0.1) is 0 Å². The van der Waals surface area contributed by atoms with Gasteiger partial charge in [-0.1, -0.05) is 42.5 Å². The number of para-hydroxylation sites is 1. The van der Waals surface area contributed by atoms with Crippen LogP contribution in [0.2, 0.25) is 0 Å². The topological polar surface area (TPSA) is 130 Å². The number of benzene rings is 3. The number of aliphatic carboxylic acids is 1. The third kappa shape index (κ3) is 4.31. The first-order valence-electron chi connectivity index (χ1n) is 10.2. The number of rotatable bonds is 7. The number of ether oxygens (including phenoxy) is 1. The summed E-state index contributed by atoms with van der Waals surface area (Å²) in [6, 6.07) is 15.9. The molecule has 3 aromatic rings. The second-order valence-corrected chi connectivity index (χ2v) is 7.43. The van der Waals surface area contributed by atoms with Crippen molar-refractivity contribution >= 4 is 29.1 Å². The van der Waals surface area contributed by atoms with Gasteiger partial charge in [0.2, 0.25) is 5.91 Å². The molecule has 0 heterocycles. The van der Waals surface area contributed by atoms with E-state index in [9.17, 15) is 24.3 Å². The Kier molecular flexibility index (Phi) is 5.91. The average molecular weight is 445 g/mol. The minimum Gasteiger partial charge on any atom is -0.507 e. The molecule has 1 aliphatic carbocycles. The summed E-state index contributed by atoms with van der Waals surface area (Å²) in [4.78, 5) is 49.8. The van der Waals surface area contributed by atoms with Gasteiger partial charge < -0.3 is 20.3 Å². The molecule has 0 aromatic heterocycles. The summed E-state index contributed by atoms with van der Waals surface area (Å²) in [6.07, 6.45) is -0.225. The van der Waals surface area contributed by atoms with E-state index in [1.54, 1.807) is 42.5 Å². The van der Waals surface area contributed by atoms with Crippen LogP contribution in [-0.4, -0.2) is 33.7 Å². The number of carbonyl (C=O) groups is 4. The molecule has 0 fully saturated rings. The van der Waals surface area contributed by atoms with Crippen molar-refractivity contribution in [2.45, 2.75) is 19.3 Å². The van der Waals surface area contributed by atoms with E-state index in [-0.39, 0.29) is 53.0 Å². The Morgan fingerprint density at radius 1 is 0.848 bits per heavy atom. The molecule has 0 radical (unpaired) electrons. The van der Waals surface area contributed by atoms with Crippen molar-refractivity contribution in [1.82, 2.24) is 0 Å². The summed E-state index contributed by atoms with van der Waals surface area (Å²) in [7, 11) is 0. The normalized spacial score (nSPS) is 12.0. The molecule has 8 nitrogen and oxygen atoms in total. The van der Waals surface area contributed by atoms with E-state index >= 15 is 0 Å². The van der Waals surface area contributed by atoms with Crippen molar-refractivity contribution in [3.05, 3.63) is 82.9 Å². The molecular formula is C25H19NO7. The number of ketones is 2. The highest BCUT2D eigenvalue weighted by Crippen LogP contribution is 2.44. The van der Waals surface area contributed by atoms with Gasteiger partial charge in [-0.15, -0.1) is 0 Å². The SMILES string of the molecule is O=C(O)CCCC(=O)Nc1c(Oc2ccccc2)cc(O)c2c1C(=O)c1ccccc1C2=O. The number of phenolic OH excluding ortho intramolecular Hbond substituents is 1. The molecule has 33 heavy (non-hydrogen) atoms. The third-order valence-corrected chi connectivity index (χ3v) is 5.17. The lowest BCUT2D eigenvalue weighted by Gasteiger charge is -2.23. The maximum absolute atomic E-state index is 13.4. The number of hydrogen-bond donors (Lipinski definition) is 3. The first-order chi connectivity index (χ1) is 15.9. The van der Waals surface area contributed by atoms with E-state index in [1.807, 2.05) is 0 Å². The van der Waals surface area contributed by atoms with Crippen molar-refractivity contribution < 1.29 is 34.1 Å². The largest absolute Gasteiger partial charge is 0.507 e. The highest BCUT2D eigenvalue weighted by molar-refractivity contribution is 6.32. The Morgan fingerprint density at radius 2 is 1.45 bits per heavy atom. The highest BCUT2D eigenvalue weighted by atomic mass is 16.5. The minimum absolute atomic E-state index is 0.0236. The molecule has 0 atom stereocenters. The molecule has 4 rings (SSSR count). The van der Waals surface area contributed by atoms with Crippen LogP contribution in [-0.2, 0) is 9.59 Å². The fraction of sp³-hybridized carbons (Fsp3) is 0.120. The van der Waals surface area contributed by atoms with Gasteiger partial charge >= 0.3 is 5.97 Å². The zero-order valence-corrected chi connectivity index (χ0v) is 17.3. The second-order valence-electron chi connectivity index (χ2n) is 7.43. The molecule has 0 bridgehead atoms. The Bertz CT molecular complexity index is 1280. The van der Waals surface area contributed by atoms with E-state index in [1.165, 1.54) is 18.2 Å². The van der Waals surface area contributed by atoms with Gasteiger partial charge in [-0.3, -0.25) is 19.2 Å². The van der Waals surface area contributed by atoms with Gasteiger partial charge in [-0.2, -0.15) is 0 Å². The lowest BCUT2D eigenvalue weighted by Crippen LogP contribution is -2.24. The van der Waals surface area contributed by atoms with Crippen LogP contribution < -0.4 is 10.1 Å². The summed E-state index contributed by atoms with van der Waals surface area (Å²) < 4.78 is 5.84. The molecular weight excluding hydrogens is 426 g/mol. The van der Waals surface area contributed by atoms with Crippen LogP contribution in [0.4, 0.5) is 5.69 Å². The van der Waals surface area contributed by atoms with Crippen LogP contribution >= 0.6 is 0 Å². The molecule has 1 aliphatic rings. The molecule has 3 N–H and O–H groups in total. The van der Waals surface area contributed by atoms with Gasteiger partial charge in [0, 0.05) is 30.0 Å². The van der Waals surface area contributed by atoms with Crippen molar-refractivity contribution in [1.29, 1.82) is 0 Å². The zero-order chi connectivity index (χ0) is 23.5. The number of anilines is 1. The fourth-order valence-corrected chi connectivity index (χ4v) is 3.67. The number of carbonyl (C=O) groups excluding carboxylic acids is 3. The maximum Gasteiger partial charge on any atom is 0.303 e. The molecule has 0 saturated carbocycles. The quantitative estimate of drug-likeness (QED) is 0.364. The average Bonchev–Trinajstić information content (AvgIpc) is 2.79. The number of aromatic hydroxyl groups is 1. The van der Waals surface area contributed by atoms with Crippen LogP contribution in [0.1, 0.15) is 51.1 Å². The number of amides is 1. The first-order valence-corrected chi connectivity index (χ1v) is 10.2. The number of phenols is 1. The van der Waals surface area contributed by atoms with Crippen molar-refractivity contribution in [3.8, 4) is 17.2 Å². The van der Waals surface area contributed by atoms with E-state index in [2.05, 4.69) is 5.32 Å². The van der Waals surface area contributed by atoms with Crippen molar-refractivity contribution in [3.63, 3.8) is 0 Å². The number of carboxylic acids is 1. The lowest BCUT2D eigenvalue weighted by atomic mass is 9.82. The molecule has 3 aromatic carbocycles. The van der Waals surface area contributed by atoms with Gasteiger partial charge in [0.05, 0.1) is 16.8 Å². The summed E-state index contributed by atoms with van der Waals surface area (Å²) in [5.74, 6) is -2.78. The molecule has 0 unspecified atom stereocenters. The van der Waals surface area contributed by atoms with Gasteiger partial charge in [-0.25, -0.2) is 0 Å². The maximum atomic E-state index is 13.4. The van der Waals surface area contributed by atoms with Gasteiger partial charge in [-0.05, 0) is 18.6 Å². The van der Waals surface area contributed by atoms with Crippen LogP contribution in [0.15, 0.2) is 60.7 Å². The molecule has 1 amide bonds. The number of carboxylic acid groups (broad SMARTS) is 1. The zero-order valence-electron chi connectivity index (χ0n) is 17.3. The third-order valence-electron chi connectivity index (χ3n) is 5.17. The van der Waals surface area contributed by atoms with E-state index in [0.29, 0.717) is 5.75 Å². The van der Waals surface area contributed by atoms with E-state index in [4.69, 9.17) is 9.84 Å². The number of fused-ring (bicyclic) bond motifs is 2. The molecule has 8 heteroatoms. The molecule has 0 aliphatic heterocycles. The van der Waals surface area contributed by atoms with E-state index < -0.39 is 29.2 Å². The molecule has 0 saturated heterocycles. The van der Waals surface area contributed by atoms with Gasteiger partial charge in [0.1, 0.15) is 11.5 Å². The van der Waals surface area contributed by atoms with Gasteiger partial charge in [0.25, 0.3) is 0 Å². The van der Waals surface area contributed by atoms with Crippen molar-refractivity contribution in [2.24, 2.45) is 0 Å². The summed E-state index contributed by atoms with van der Waals surface area (Å²) >= 11 is 0. The predicted octanol–water partition coefficient (Wildman–Crippen LogP) is 4.15. The van der Waals surface area contributed by atoms with E-state index in [0.717, 1.165) is 0 Å². The Balaban J connectivity index is 1.82. The van der Waals surface area contributed by atoms with Crippen molar-refractivity contribution in [2.75, 3.05) is 5.32 Å². The number of hydrogen-bond acceptors (Lipinski definition) is 6. The van der Waals surface area contributed by atoms with Gasteiger partial charge in [0.15, 0.2) is 17.3 Å². The Hall–Kier alpha value is -4.46. The summed E-state index contributed by atoms with van der Waals surface area (Å²) in [5, 5.41) is 22.1. The van der Waals surface area contributed by atoms with Crippen LogP contribution in [0.25, 0.3) is 0 Å². The first kappa shape index (κ1) is 21.8. The monoisotopic (exact) mass is 445 g/mol. The Morgan fingerprint density at radius 3 is 2.09 bits per heavy atom. The Labute approximate surface area is 188 Å². The standard InChI is InChI=1S/C25H19NO7/c27-17-13-18(33-14-7-2-1-3-8-14)23(26-19(28)11-6-12-20(29)30)22-21(17)24(31)15-9-4-5-10-16(15)25(22)32/h1-5,7-10,13,27H,6,11-12H2,(H,26,28)(H,29,30). The summed E-state index contributed by atoms with van der Waals surface area (Å²) in [5.41, 5.74) is -0.149. The minimum atomic E-state index is -1.03. The molecule has 166 valence electrons. The summed E-state index contributed by atoms with van der Waals surface area (Å²) in [6.45, 7) is 0. The van der Waals surface area contributed by atoms with Crippen LogP contribution in [0.5, 0.6) is 17.2 Å². The highest BCUT2D eigenvalue weighted by Gasteiger charge is 2.36. The lowest BCUT2D eigenvalue weighted by molar-refractivity contribution is -0.137. The second kappa shape index (κ2) is 8.96. The fourth-order valence-electron chi connectivity index (χ4n) is 3.67. The smallest absolute Gasteiger partial charge is 0.303 e. The molecule has 0 spiro atoms.